The van der Waals surface area contributed by atoms with Gasteiger partial charge in [0.15, 0.2) is 0 Å². The molecule has 0 atom stereocenters. The van der Waals surface area contributed by atoms with Crippen LogP contribution in [0.15, 0.2) is 40.9 Å². The molecule has 0 aromatic heterocycles. The number of nitrogens with one attached hydrogen (secondary N) is 1. The number of rotatable bonds is 3. The third kappa shape index (κ3) is 3.04. The largest absolute Gasteiger partial charge is 0.380 e. The van der Waals surface area contributed by atoms with E-state index in [1.807, 2.05) is 0 Å². The standard InChI is InChI=1S/C13H9BrF3N/c14-11-5-9(15)3-4-13(11)18-7-8-1-2-10(16)6-12(8)17/h1-6,18H,7H2. The summed E-state index contributed by atoms with van der Waals surface area (Å²) in [6.45, 7) is 0.191. The van der Waals surface area contributed by atoms with E-state index in [-0.39, 0.29) is 12.4 Å². The van der Waals surface area contributed by atoms with Gasteiger partial charge in [-0.1, -0.05) is 6.07 Å². The highest BCUT2D eigenvalue weighted by molar-refractivity contribution is 9.10. The zero-order chi connectivity index (χ0) is 13.1. The van der Waals surface area contributed by atoms with Gasteiger partial charge in [-0.05, 0) is 40.2 Å². The monoisotopic (exact) mass is 315 g/mol. The Bertz CT molecular complexity index is 521. The summed E-state index contributed by atoms with van der Waals surface area (Å²) in [5.41, 5.74) is 0.979. The van der Waals surface area contributed by atoms with E-state index >= 15 is 0 Å². The highest BCUT2D eigenvalue weighted by atomic mass is 79.9. The fourth-order valence-corrected chi connectivity index (χ4v) is 1.98. The van der Waals surface area contributed by atoms with Crippen molar-refractivity contribution in [2.75, 3.05) is 5.32 Å². The van der Waals surface area contributed by atoms with Gasteiger partial charge in [-0.3, -0.25) is 0 Å². The summed E-state index contributed by atoms with van der Waals surface area (Å²) in [6, 6.07) is 7.55. The number of anilines is 1. The van der Waals surface area contributed by atoms with Crippen LogP contribution in [-0.4, -0.2) is 0 Å². The van der Waals surface area contributed by atoms with E-state index in [4.69, 9.17) is 0 Å². The molecule has 0 saturated carbocycles. The Morgan fingerprint density at radius 1 is 0.944 bits per heavy atom. The maximum Gasteiger partial charge on any atom is 0.131 e. The normalized spacial score (nSPS) is 10.4. The minimum absolute atomic E-state index is 0.191. The second-order valence-corrected chi connectivity index (χ2v) is 4.57. The molecule has 0 spiro atoms. The molecule has 0 unspecified atom stereocenters. The molecule has 0 aliphatic carbocycles. The SMILES string of the molecule is Fc1ccc(CNc2ccc(F)cc2Br)c(F)c1. The minimum Gasteiger partial charge on any atom is -0.380 e. The number of benzene rings is 2. The molecule has 94 valence electrons. The lowest BCUT2D eigenvalue weighted by molar-refractivity contribution is 0.574. The van der Waals surface area contributed by atoms with Crippen molar-refractivity contribution in [1.82, 2.24) is 0 Å². The van der Waals surface area contributed by atoms with Gasteiger partial charge in [0.2, 0.25) is 0 Å². The summed E-state index contributed by atoms with van der Waals surface area (Å²) in [5.74, 6) is -1.58. The van der Waals surface area contributed by atoms with E-state index in [0.717, 1.165) is 6.07 Å². The van der Waals surface area contributed by atoms with E-state index in [1.54, 1.807) is 6.07 Å². The molecule has 1 nitrogen and oxygen atoms in total. The molecule has 2 aromatic carbocycles. The zero-order valence-corrected chi connectivity index (χ0v) is 10.8. The quantitative estimate of drug-likeness (QED) is 0.880. The predicted octanol–water partition coefficient (Wildman–Crippen LogP) is 4.48. The Morgan fingerprint density at radius 3 is 2.28 bits per heavy atom. The fourth-order valence-electron chi connectivity index (χ4n) is 1.49. The Balaban J connectivity index is 2.11. The van der Waals surface area contributed by atoms with Crippen LogP contribution in [0.4, 0.5) is 18.9 Å². The van der Waals surface area contributed by atoms with Crippen LogP contribution in [-0.2, 0) is 6.54 Å². The average molecular weight is 316 g/mol. The van der Waals surface area contributed by atoms with Crippen molar-refractivity contribution < 1.29 is 13.2 Å². The lowest BCUT2D eigenvalue weighted by Crippen LogP contribution is -2.02. The highest BCUT2D eigenvalue weighted by Gasteiger charge is 2.05. The predicted molar refractivity (Wildman–Crippen MR) is 67.8 cm³/mol. The first-order valence-electron chi connectivity index (χ1n) is 5.19. The first-order chi connectivity index (χ1) is 8.56. The first-order valence-corrected chi connectivity index (χ1v) is 5.98. The van der Waals surface area contributed by atoms with Crippen molar-refractivity contribution in [3.05, 3.63) is 63.9 Å². The van der Waals surface area contributed by atoms with Crippen molar-refractivity contribution in [3.63, 3.8) is 0 Å². The van der Waals surface area contributed by atoms with E-state index in [1.165, 1.54) is 24.3 Å². The lowest BCUT2D eigenvalue weighted by atomic mass is 10.2. The van der Waals surface area contributed by atoms with Crippen LogP contribution in [0.2, 0.25) is 0 Å². The summed E-state index contributed by atoms with van der Waals surface area (Å²) in [5, 5.41) is 2.94. The van der Waals surface area contributed by atoms with Gasteiger partial charge >= 0.3 is 0 Å². The first kappa shape index (κ1) is 13.0. The topological polar surface area (TPSA) is 12.0 Å². The summed E-state index contributed by atoms with van der Waals surface area (Å²) >= 11 is 3.19. The van der Waals surface area contributed by atoms with Crippen molar-refractivity contribution in [3.8, 4) is 0 Å². The molecular weight excluding hydrogens is 307 g/mol. The van der Waals surface area contributed by atoms with Gasteiger partial charge < -0.3 is 5.32 Å². The van der Waals surface area contributed by atoms with Crippen molar-refractivity contribution in [2.45, 2.75) is 6.54 Å². The van der Waals surface area contributed by atoms with E-state index in [9.17, 15) is 13.2 Å². The molecule has 0 aliphatic heterocycles. The van der Waals surface area contributed by atoms with Gasteiger partial charge in [-0.25, -0.2) is 13.2 Å². The van der Waals surface area contributed by atoms with Gasteiger partial charge in [0, 0.05) is 28.3 Å². The van der Waals surface area contributed by atoms with Crippen LogP contribution in [0.25, 0.3) is 0 Å². The van der Waals surface area contributed by atoms with Gasteiger partial charge in [0.25, 0.3) is 0 Å². The van der Waals surface area contributed by atoms with Crippen LogP contribution in [0, 0.1) is 17.5 Å². The van der Waals surface area contributed by atoms with Crippen LogP contribution >= 0.6 is 15.9 Å². The molecule has 0 aliphatic rings. The minimum atomic E-state index is -0.612. The van der Waals surface area contributed by atoms with Crippen molar-refractivity contribution >= 4 is 21.6 Å². The zero-order valence-electron chi connectivity index (χ0n) is 9.18. The molecule has 0 saturated heterocycles. The molecular formula is C13H9BrF3N. The molecule has 2 aromatic rings. The van der Waals surface area contributed by atoms with Gasteiger partial charge in [0.05, 0.1) is 0 Å². The second kappa shape index (κ2) is 5.44. The maximum absolute atomic E-state index is 13.4. The van der Waals surface area contributed by atoms with Crippen LogP contribution in [0.3, 0.4) is 0 Å². The smallest absolute Gasteiger partial charge is 0.131 e. The molecule has 0 radical (unpaired) electrons. The Labute approximate surface area is 111 Å². The Morgan fingerprint density at radius 2 is 1.61 bits per heavy atom. The molecule has 0 amide bonds. The summed E-state index contributed by atoms with van der Waals surface area (Å²) < 4.78 is 39.5. The molecule has 0 bridgehead atoms. The van der Waals surface area contributed by atoms with Crippen molar-refractivity contribution in [2.24, 2.45) is 0 Å². The average Bonchev–Trinajstić information content (AvgIpc) is 2.30. The van der Waals surface area contributed by atoms with Gasteiger partial charge in [-0.15, -0.1) is 0 Å². The summed E-state index contributed by atoms with van der Waals surface area (Å²) in [6.07, 6.45) is 0. The summed E-state index contributed by atoms with van der Waals surface area (Å²) in [4.78, 5) is 0. The molecule has 18 heavy (non-hydrogen) atoms. The maximum atomic E-state index is 13.4. The molecule has 0 heterocycles. The molecule has 5 heteroatoms. The fraction of sp³-hybridized carbons (Fsp3) is 0.0769. The van der Waals surface area contributed by atoms with E-state index < -0.39 is 11.6 Å². The van der Waals surface area contributed by atoms with Crippen LogP contribution in [0.5, 0.6) is 0 Å². The Hall–Kier alpha value is -1.49. The van der Waals surface area contributed by atoms with Gasteiger partial charge in [-0.2, -0.15) is 0 Å². The van der Waals surface area contributed by atoms with Crippen LogP contribution < -0.4 is 5.32 Å². The summed E-state index contributed by atoms with van der Waals surface area (Å²) in [7, 11) is 0. The second-order valence-electron chi connectivity index (χ2n) is 3.71. The number of hydrogen-bond donors (Lipinski definition) is 1. The molecule has 1 N–H and O–H groups in total. The number of halogens is 4. The number of hydrogen-bond acceptors (Lipinski definition) is 1. The van der Waals surface area contributed by atoms with Crippen LogP contribution in [0.1, 0.15) is 5.56 Å². The third-order valence-corrected chi connectivity index (χ3v) is 3.07. The van der Waals surface area contributed by atoms with Crippen molar-refractivity contribution in [1.29, 1.82) is 0 Å². The van der Waals surface area contributed by atoms with E-state index in [0.29, 0.717) is 15.7 Å². The van der Waals surface area contributed by atoms with Gasteiger partial charge in [0.1, 0.15) is 17.5 Å². The Kier molecular flexibility index (Phi) is 3.91. The van der Waals surface area contributed by atoms with E-state index in [2.05, 4.69) is 21.2 Å². The molecule has 2 rings (SSSR count). The highest BCUT2D eigenvalue weighted by Crippen LogP contribution is 2.24. The lowest BCUT2D eigenvalue weighted by Gasteiger charge is -2.09. The third-order valence-electron chi connectivity index (χ3n) is 2.42. The molecule has 0 fully saturated rings.